The second kappa shape index (κ2) is 5.27. The molecule has 0 unspecified atom stereocenters. The first kappa shape index (κ1) is 13.6. The SMILES string of the molecule is CC(C)(C)OC(=O)Nc1cccnc1C(=N)Br. The van der Waals surface area contributed by atoms with E-state index in [0.29, 0.717) is 11.4 Å². The number of hydrogen-bond acceptors (Lipinski definition) is 4. The predicted octanol–water partition coefficient (Wildman–Crippen LogP) is 3.15. The summed E-state index contributed by atoms with van der Waals surface area (Å²) in [5, 5.41) is 10.0. The van der Waals surface area contributed by atoms with Gasteiger partial charge in [0.1, 0.15) is 15.9 Å². The zero-order valence-electron chi connectivity index (χ0n) is 9.87. The summed E-state index contributed by atoms with van der Waals surface area (Å²) < 4.78 is 5.21. The van der Waals surface area contributed by atoms with Gasteiger partial charge in [0.2, 0.25) is 0 Å². The third kappa shape index (κ3) is 4.52. The molecule has 0 saturated carbocycles. The average molecular weight is 300 g/mol. The molecule has 92 valence electrons. The fourth-order valence-electron chi connectivity index (χ4n) is 1.09. The Hall–Kier alpha value is -1.43. The molecule has 1 heterocycles. The van der Waals surface area contributed by atoms with Crippen molar-refractivity contribution >= 4 is 32.3 Å². The molecule has 0 aliphatic rings. The van der Waals surface area contributed by atoms with Crippen LogP contribution in [0.3, 0.4) is 0 Å². The molecule has 0 atom stereocenters. The molecule has 1 aromatic heterocycles. The maximum absolute atomic E-state index is 11.6. The third-order valence-corrected chi connectivity index (χ3v) is 2.03. The molecule has 1 rings (SSSR count). The van der Waals surface area contributed by atoms with E-state index in [2.05, 4.69) is 26.2 Å². The summed E-state index contributed by atoms with van der Waals surface area (Å²) in [5.74, 6) is 0. The number of carbonyl (C=O) groups is 1. The van der Waals surface area contributed by atoms with Crippen LogP contribution in [0, 0.1) is 5.41 Å². The molecule has 17 heavy (non-hydrogen) atoms. The number of halogens is 1. The van der Waals surface area contributed by atoms with Gasteiger partial charge in [0, 0.05) is 6.20 Å². The molecule has 0 bridgehead atoms. The van der Waals surface area contributed by atoms with Gasteiger partial charge in [-0.15, -0.1) is 0 Å². The summed E-state index contributed by atoms with van der Waals surface area (Å²) in [6, 6.07) is 3.33. The van der Waals surface area contributed by atoms with E-state index in [1.807, 2.05) is 0 Å². The lowest BCUT2D eigenvalue weighted by molar-refractivity contribution is 0.0636. The summed E-state index contributed by atoms with van der Waals surface area (Å²) in [4.78, 5) is 15.5. The zero-order chi connectivity index (χ0) is 13.1. The number of aromatic nitrogens is 1. The number of ether oxygens (including phenoxy) is 1. The minimum absolute atomic E-state index is 0.101. The summed E-state index contributed by atoms with van der Waals surface area (Å²) in [7, 11) is 0. The maximum atomic E-state index is 11.6. The topological polar surface area (TPSA) is 75.1 Å². The molecule has 2 N–H and O–H groups in total. The van der Waals surface area contributed by atoms with Crippen molar-refractivity contribution in [2.45, 2.75) is 26.4 Å². The van der Waals surface area contributed by atoms with Crippen LogP contribution >= 0.6 is 15.9 Å². The van der Waals surface area contributed by atoms with Gasteiger partial charge in [0.05, 0.1) is 5.69 Å². The Morgan fingerprint density at radius 3 is 2.71 bits per heavy atom. The van der Waals surface area contributed by atoms with E-state index >= 15 is 0 Å². The minimum atomic E-state index is -0.569. The van der Waals surface area contributed by atoms with Crippen molar-refractivity contribution in [2.24, 2.45) is 0 Å². The Kier molecular flexibility index (Phi) is 4.22. The highest BCUT2D eigenvalue weighted by atomic mass is 79.9. The van der Waals surface area contributed by atoms with Crippen molar-refractivity contribution in [3.05, 3.63) is 24.0 Å². The van der Waals surface area contributed by atoms with Gasteiger partial charge in [-0.2, -0.15) is 0 Å². The first-order chi connectivity index (χ1) is 7.79. The molecule has 1 amide bonds. The van der Waals surface area contributed by atoms with Gasteiger partial charge in [-0.3, -0.25) is 15.7 Å². The van der Waals surface area contributed by atoms with Crippen molar-refractivity contribution in [1.82, 2.24) is 4.98 Å². The van der Waals surface area contributed by atoms with Crippen molar-refractivity contribution in [2.75, 3.05) is 5.32 Å². The normalized spacial score (nSPS) is 10.8. The van der Waals surface area contributed by atoms with Gasteiger partial charge in [0.15, 0.2) is 0 Å². The second-order valence-corrected chi connectivity index (χ2v) is 5.13. The number of nitrogens with one attached hydrogen (secondary N) is 2. The van der Waals surface area contributed by atoms with Gasteiger partial charge in [-0.1, -0.05) is 0 Å². The number of hydrogen-bond donors (Lipinski definition) is 2. The minimum Gasteiger partial charge on any atom is -0.444 e. The van der Waals surface area contributed by atoms with Crippen LogP contribution in [0.4, 0.5) is 10.5 Å². The van der Waals surface area contributed by atoms with Crippen LogP contribution in [-0.4, -0.2) is 21.3 Å². The summed E-state index contributed by atoms with van der Waals surface area (Å²) in [6.45, 7) is 5.34. The first-order valence-electron chi connectivity index (χ1n) is 4.99. The molecule has 0 spiro atoms. The highest BCUT2D eigenvalue weighted by Gasteiger charge is 2.17. The van der Waals surface area contributed by atoms with Gasteiger partial charge in [-0.05, 0) is 48.8 Å². The van der Waals surface area contributed by atoms with E-state index in [1.165, 1.54) is 0 Å². The predicted molar refractivity (Wildman–Crippen MR) is 69.8 cm³/mol. The number of amides is 1. The van der Waals surface area contributed by atoms with Crippen molar-refractivity contribution in [3.63, 3.8) is 0 Å². The van der Waals surface area contributed by atoms with Gasteiger partial charge >= 0.3 is 6.09 Å². The monoisotopic (exact) mass is 299 g/mol. The molecule has 6 heteroatoms. The Morgan fingerprint density at radius 2 is 2.18 bits per heavy atom. The molecule has 0 radical (unpaired) electrons. The molecule has 0 fully saturated rings. The van der Waals surface area contributed by atoms with Crippen LogP contribution in [0.15, 0.2) is 18.3 Å². The molecule has 0 aliphatic heterocycles. The Bertz CT molecular complexity index is 441. The summed E-state index contributed by atoms with van der Waals surface area (Å²) in [5.41, 5.74) is 0.232. The van der Waals surface area contributed by atoms with E-state index < -0.39 is 11.7 Å². The van der Waals surface area contributed by atoms with Gasteiger partial charge < -0.3 is 4.74 Å². The second-order valence-electron chi connectivity index (χ2n) is 4.34. The van der Waals surface area contributed by atoms with Crippen molar-refractivity contribution in [1.29, 1.82) is 5.41 Å². The van der Waals surface area contributed by atoms with Crippen LogP contribution < -0.4 is 5.32 Å². The zero-order valence-corrected chi connectivity index (χ0v) is 11.5. The van der Waals surface area contributed by atoms with Gasteiger partial charge in [0.25, 0.3) is 0 Å². The molecule has 0 saturated heterocycles. The lowest BCUT2D eigenvalue weighted by Crippen LogP contribution is -2.27. The molecular weight excluding hydrogens is 286 g/mol. The third-order valence-electron chi connectivity index (χ3n) is 1.65. The number of pyridine rings is 1. The Balaban J connectivity index is 2.82. The highest BCUT2D eigenvalue weighted by molar-refractivity contribution is 9.18. The molecule has 5 nitrogen and oxygen atoms in total. The van der Waals surface area contributed by atoms with E-state index in [9.17, 15) is 4.79 Å². The van der Waals surface area contributed by atoms with Crippen LogP contribution in [0.25, 0.3) is 0 Å². The fraction of sp³-hybridized carbons (Fsp3) is 0.364. The van der Waals surface area contributed by atoms with E-state index in [0.717, 1.165) is 0 Å². The summed E-state index contributed by atoms with van der Waals surface area (Å²) in [6.07, 6.45) is 0.978. The quantitative estimate of drug-likeness (QED) is 0.824. The lowest BCUT2D eigenvalue weighted by atomic mass is 10.2. The van der Waals surface area contributed by atoms with Crippen LogP contribution in [0.1, 0.15) is 26.5 Å². The van der Waals surface area contributed by atoms with Crippen molar-refractivity contribution in [3.8, 4) is 0 Å². The van der Waals surface area contributed by atoms with Crippen LogP contribution in [0.2, 0.25) is 0 Å². The number of carbonyl (C=O) groups excluding carboxylic acids is 1. The lowest BCUT2D eigenvalue weighted by Gasteiger charge is -2.20. The molecule has 0 aromatic carbocycles. The number of rotatable bonds is 2. The summed E-state index contributed by atoms with van der Waals surface area (Å²) >= 11 is 3.01. The molecular formula is C11H14BrN3O2. The van der Waals surface area contributed by atoms with E-state index in [4.69, 9.17) is 10.1 Å². The first-order valence-corrected chi connectivity index (χ1v) is 5.78. The maximum Gasteiger partial charge on any atom is 0.412 e. The average Bonchev–Trinajstić information content (AvgIpc) is 2.14. The number of anilines is 1. The largest absolute Gasteiger partial charge is 0.444 e. The Labute approximate surface area is 108 Å². The standard InChI is InChI=1S/C11H14BrN3O2/c1-11(2,3)17-10(16)15-7-5-4-6-14-8(7)9(12)13/h4-6,13H,1-3H3,(H,15,16). The molecule has 1 aromatic rings. The fourth-order valence-corrected chi connectivity index (χ4v) is 1.41. The van der Waals surface area contributed by atoms with E-state index in [-0.39, 0.29) is 4.62 Å². The van der Waals surface area contributed by atoms with E-state index in [1.54, 1.807) is 39.1 Å². The van der Waals surface area contributed by atoms with Crippen LogP contribution in [0.5, 0.6) is 0 Å². The smallest absolute Gasteiger partial charge is 0.412 e. The Morgan fingerprint density at radius 1 is 1.53 bits per heavy atom. The van der Waals surface area contributed by atoms with Crippen LogP contribution in [-0.2, 0) is 4.74 Å². The molecule has 0 aliphatic carbocycles. The van der Waals surface area contributed by atoms with Gasteiger partial charge in [-0.25, -0.2) is 4.79 Å². The van der Waals surface area contributed by atoms with Crippen molar-refractivity contribution < 1.29 is 9.53 Å². The highest BCUT2D eigenvalue weighted by Crippen LogP contribution is 2.16. The number of nitrogens with zero attached hydrogens (tertiary/aromatic N) is 1.